The summed E-state index contributed by atoms with van der Waals surface area (Å²) in [6, 6.07) is 6.04. The largest absolute Gasteiger partial charge is 0.317 e. The summed E-state index contributed by atoms with van der Waals surface area (Å²) in [6.07, 6.45) is 1.44. The van der Waals surface area contributed by atoms with Gasteiger partial charge in [-0.05, 0) is 44.1 Å². The summed E-state index contributed by atoms with van der Waals surface area (Å²) in [5.74, 6) is -0.745. The molecule has 0 unspecified atom stereocenters. The van der Waals surface area contributed by atoms with Gasteiger partial charge in [-0.1, -0.05) is 6.07 Å². The first-order valence-corrected chi connectivity index (χ1v) is 6.96. The SMILES string of the molecule is O=S(=O)(NC1CCNCC1)c1c[c]ccc1F. The maximum Gasteiger partial charge on any atom is 0.243 e. The van der Waals surface area contributed by atoms with Crippen LogP contribution < -0.4 is 10.0 Å². The molecule has 1 heterocycles. The number of hydrogen-bond donors (Lipinski definition) is 2. The Morgan fingerprint density at radius 2 is 2.12 bits per heavy atom. The fraction of sp³-hybridized carbons (Fsp3) is 0.455. The van der Waals surface area contributed by atoms with Crippen LogP contribution in [0.3, 0.4) is 0 Å². The van der Waals surface area contributed by atoms with Crippen LogP contribution in [0.4, 0.5) is 4.39 Å². The molecule has 1 aliphatic heterocycles. The summed E-state index contributed by atoms with van der Waals surface area (Å²) in [6.45, 7) is 1.55. The molecule has 1 saturated heterocycles. The van der Waals surface area contributed by atoms with Crippen molar-refractivity contribution < 1.29 is 12.8 Å². The first-order valence-electron chi connectivity index (χ1n) is 5.48. The predicted molar refractivity (Wildman–Crippen MR) is 61.4 cm³/mol. The fourth-order valence-corrected chi connectivity index (χ4v) is 3.17. The van der Waals surface area contributed by atoms with Crippen molar-refractivity contribution in [2.75, 3.05) is 13.1 Å². The highest BCUT2D eigenvalue weighted by Crippen LogP contribution is 2.15. The van der Waals surface area contributed by atoms with Gasteiger partial charge in [0.25, 0.3) is 0 Å². The van der Waals surface area contributed by atoms with Crippen molar-refractivity contribution >= 4 is 10.0 Å². The van der Waals surface area contributed by atoms with Crippen molar-refractivity contribution in [2.45, 2.75) is 23.8 Å². The zero-order valence-electron chi connectivity index (χ0n) is 9.24. The molecule has 6 heteroatoms. The van der Waals surface area contributed by atoms with Crippen LogP contribution in [0, 0.1) is 11.9 Å². The van der Waals surface area contributed by atoms with Gasteiger partial charge < -0.3 is 5.32 Å². The van der Waals surface area contributed by atoms with E-state index in [-0.39, 0.29) is 10.9 Å². The lowest BCUT2D eigenvalue weighted by Crippen LogP contribution is -2.42. The Hall–Kier alpha value is -0.980. The van der Waals surface area contributed by atoms with Gasteiger partial charge in [0.05, 0.1) is 0 Å². The Kier molecular flexibility index (Phi) is 3.76. The van der Waals surface area contributed by atoms with Gasteiger partial charge in [-0.25, -0.2) is 17.5 Å². The second-order valence-corrected chi connectivity index (χ2v) is 5.68. The van der Waals surface area contributed by atoms with Gasteiger partial charge in [0.15, 0.2) is 0 Å². The van der Waals surface area contributed by atoms with Crippen LogP contribution in [0.2, 0.25) is 0 Å². The molecule has 4 nitrogen and oxygen atoms in total. The van der Waals surface area contributed by atoms with Crippen molar-refractivity contribution in [3.63, 3.8) is 0 Å². The number of benzene rings is 1. The lowest BCUT2D eigenvalue weighted by molar-refractivity contribution is 0.426. The minimum atomic E-state index is -3.77. The highest BCUT2D eigenvalue weighted by Gasteiger charge is 2.23. The lowest BCUT2D eigenvalue weighted by atomic mass is 10.1. The standard InChI is InChI=1S/C11H14FN2O2S/c12-10-3-1-2-4-11(10)17(15,16)14-9-5-7-13-8-6-9/h1,3-4,9,13-14H,5-8H2. The fourth-order valence-electron chi connectivity index (χ4n) is 1.82. The molecule has 1 aromatic rings. The molecule has 1 aromatic carbocycles. The third-order valence-corrected chi connectivity index (χ3v) is 4.26. The smallest absolute Gasteiger partial charge is 0.243 e. The summed E-state index contributed by atoms with van der Waals surface area (Å²) < 4.78 is 39.8. The number of sulfonamides is 1. The lowest BCUT2D eigenvalue weighted by Gasteiger charge is -2.23. The van der Waals surface area contributed by atoms with E-state index in [0.29, 0.717) is 0 Å². The second kappa shape index (κ2) is 5.12. The molecule has 0 atom stereocenters. The third kappa shape index (κ3) is 3.02. The van der Waals surface area contributed by atoms with Crippen LogP contribution in [0.5, 0.6) is 0 Å². The predicted octanol–water partition coefficient (Wildman–Crippen LogP) is 0.656. The quantitative estimate of drug-likeness (QED) is 0.836. The van der Waals surface area contributed by atoms with Crippen LogP contribution in [-0.4, -0.2) is 27.5 Å². The Labute approximate surface area is 100 Å². The van der Waals surface area contributed by atoms with Gasteiger partial charge in [0.1, 0.15) is 10.7 Å². The molecule has 0 amide bonds. The van der Waals surface area contributed by atoms with Crippen LogP contribution in [0.1, 0.15) is 12.8 Å². The maximum atomic E-state index is 13.4. The van der Waals surface area contributed by atoms with Gasteiger partial charge in [-0.2, -0.15) is 0 Å². The summed E-state index contributed by atoms with van der Waals surface area (Å²) in [7, 11) is -3.77. The molecule has 2 rings (SSSR count). The third-order valence-electron chi connectivity index (χ3n) is 2.73. The van der Waals surface area contributed by atoms with E-state index in [0.717, 1.165) is 38.1 Å². The van der Waals surface area contributed by atoms with Crippen molar-refractivity contribution in [1.29, 1.82) is 0 Å². The zero-order chi connectivity index (χ0) is 12.3. The topological polar surface area (TPSA) is 58.2 Å². The molecule has 0 bridgehead atoms. The Morgan fingerprint density at radius 3 is 2.76 bits per heavy atom. The highest BCUT2D eigenvalue weighted by atomic mass is 32.2. The minimum absolute atomic E-state index is 0.124. The zero-order valence-corrected chi connectivity index (χ0v) is 10.1. The van der Waals surface area contributed by atoms with Gasteiger partial charge in [0, 0.05) is 6.04 Å². The van der Waals surface area contributed by atoms with E-state index in [1.165, 1.54) is 6.07 Å². The van der Waals surface area contributed by atoms with E-state index in [1.807, 2.05) is 0 Å². The van der Waals surface area contributed by atoms with Gasteiger partial charge >= 0.3 is 0 Å². The number of piperidine rings is 1. The van der Waals surface area contributed by atoms with Crippen molar-refractivity contribution in [2.24, 2.45) is 0 Å². The average molecular weight is 257 g/mol. The Bertz CT molecular complexity index is 484. The van der Waals surface area contributed by atoms with E-state index in [2.05, 4.69) is 16.1 Å². The normalized spacial score (nSPS) is 18.2. The summed E-state index contributed by atoms with van der Waals surface area (Å²) in [5.41, 5.74) is 0. The highest BCUT2D eigenvalue weighted by molar-refractivity contribution is 7.89. The van der Waals surface area contributed by atoms with E-state index >= 15 is 0 Å². The second-order valence-electron chi connectivity index (χ2n) is 4.00. The van der Waals surface area contributed by atoms with Crippen LogP contribution in [0.25, 0.3) is 0 Å². The molecule has 1 radical (unpaired) electrons. The van der Waals surface area contributed by atoms with Gasteiger partial charge in [-0.3, -0.25) is 0 Å². The van der Waals surface area contributed by atoms with Crippen LogP contribution in [-0.2, 0) is 10.0 Å². The molecular formula is C11H14FN2O2S. The molecule has 17 heavy (non-hydrogen) atoms. The molecule has 1 aliphatic rings. The summed E-state index contributed by atoms with van der Waals surface area (Å²) in [5, 5.41) is 3.14. The Balaban J connectivity index is 2.16. The van der Waals surface area contributed by atoms with Crippen molar-refractivity contribution in [3.05, 3.63) is 30.1 Å². The molecule has 0 spiro atoms. The van der Waals surface area contributed by atoms with E-state index < -0.39 is 15.8 Å². The number of halogens is 1. The molecule has 0 aliphatic carbocycles. The van der Waals surface area contributed by atoms with E-state index in [4.69, 9.17) is 0 Å². The number of hydrogen-bond acceptors (Lipinski definition) is 3. The molecule has 93 valence electrons. The molecule has 2 N–H and O–H groups in total. The first kappa shape index (κ1) is 12.5. The maximum absolute atomic E-state index is 13.4. The molecule has 1 fully saturated rings. The summed E-state index contributed by atoms with van der Waals surface area (Å²) >= 11 is 0. The average Bonchev–Trinajstić information content (AvgIpc) is 2.30. The number of nitrogens with one attached hydrogen (secondary N) is 2. The molecule has 0 saturated carbocycles. The Morgan fingerprint density at radius 1 is 1.41 bits per heavy atom. The van der Waals surface area contributed by atoms with Crippen molar-refractivity contribution in [3.8, 4) is 0 Å². The van der Waals surface area contributed by atoms with Crippen molar-refractivity contribution in [1.82, 2.24) is 10.0 Å². The molecular weight excluding hydrogens is 243 g/mol. The van der Waals surface area contributed by atoms with E-state index in [9.17, 15) is 12.8 Å². The minimum Gasteiger partial charge on any atom is -0.317 e. The monoisotopic (exact) mass is 257 g/mol. The van der Waals surface area contributed by atoms with Crippen LogP contribution >= 0.6 is 0 Å². The van der Waals surface area contributed by atoms with E-state index in [1.54, 1.807) is 0 Å². The number of rotatable bonds is 3. The van der Waals surface area contributed by atoms with Gasteiger partial charge in [-0.15, -0.1) is 0 Å². The van der Waals surface area contributed by atoms with Crippen LogP contribution in [0.15, 0.2) is 23.1 Å². The van der Waals surface area contributed by atoms with Gasteiger partial charge in [0.2, 0.25) is 10.0 Å². The first-order chi connectivity index (χ1) is 8.09. The summed E-state index contributed by atoms with van der Waals surface area (Å²) in [4.78, 5) is -0.335. The molecule has 0 aromatic heterocycles.